The molecule has 3 N–H and O–H groups in total. The summed E-state index contributed by atoms with van der Waals surface area (Å²) in [6, 6.07) is 4.33. The van der Waals surface area contributed by atoms with Crippen molar-refractivity contribution in [2.75, 3.05) is 0 Å². The number of thioether (sulfide) groups is 1. The van der Waals surface area contributed by atoms with Crippen molar-refractivity contribution < 1.29 is 24.4 Å². The van der Waals surface area contributed by atoms with Gasteiger partial charge in [-0.25, -0.2) is 4.79 Å². The van der Waals surface area contributed by atoms with Crippen molar-refractivity contribution in [2.24, 2.45) is 5.73 Å². The Balaban J connectivity index is 2.34. The highest BCUT2D eigenvalue weighted by Crippen LogP contribution is 2.38. The monoisotopic (exact) mass is 409 g/mol. The van der Waals surface area contributed by atoms with E-state index in [-0.39, 0.29) is 27.8 Å². The first-order chi connectivity index (χ1) is 12.6. The molecule has 1 atom stereocenters. The van der Waals surface area contributed by atoms with Gasteiger partial charge < -0.3 is 10.8 Å². The van der Waals surface area contributed by atoms with Crippen LogP contribution in [0.2, 0.25) is 0 Å². The molecule has 1 heterocycles. The Hall–Kier alpha value is -2.79. The molecule has 11 heteroatoms. The van der Waals surface area contributed by atoms with Gasteiger partial charge >= 0.3 is 5.97 Å². The van der Waals surface area contributed by atoms with Crippen molar-refractivity contribution >= 4 is 57.3 Å². The van der Waals surface area contributed by atoms with E-state index in [1.165, 1.54) is 24.3 Å². The number of aliphatic carboxylic acids is 1. The Morgan fingerprint density at radius 3 is 2.44 bits per heavy atom. The minimum atomic E-state index is -1.30. The van der Waals surface area contributed by atoms with Crippen LogP contribution in [-0.2, 0) is 14.4 Å². The summed E-state index contributed by atoms with van der Waals surface area (Å²) < 4.78 is 0.0631. The number of allylic oxidation sites excluding steroid dienone is 1. The van der Waals surface area contributed by atoms with E-state index in [9.17, 15) is 29.6 Å². The Labute approximate surface area is 163 Å². The highest BCUT2D eigenvalue weighted by atomic mass is 32.2. The molecule has 1 aromatic carbocycles. The molecule has 142 valence electrons. The van der Waals surface area contributed by atoms with E-state index in [1.807, 2.05) is 0 Å². The van der Waals surface area contributed by atoms with Gasteiger partial charge in [0.25, 0.3) is 11.6 Å². The number of carbonyl (C=O) groups excluding carboxylic acids is 2. The summed E-state index contributed by atoms with van der Waals surface area (Å²) in [5, 5.41) is 20.2. The van der Waals surface area contributed by atoms with Crippen LogP contribution in [0.25, 0.3) is 5.57 Å². The van der Waals surface area contributed by atoms with Crippen LogP contribution in [0.3, 0.4) is 0 Å². The summed E-state index contributed by atoms with van der Waals surface area (Å²) in [6.45, 7) is 1.65. The van der Waals surface area contributed by atoms with Crippen LogP contribution in [0.4, 0.5) is 5.69 Å². The van der Waals surface area contributed by atoms with Gasteiger partial charge in [-0.3, -0.25) is 24.6 Å². The SMILES string of the molecule is C/C(=C1/SC(=S)N(C(CCC(N)=O)C(=O)O)C1=O)c1ccc([N+](=O)[O-])cc1. The summed E-state index contributed by atoms with van der Waals surface area (Å²) in [6.07, 6.45) is -0.352. The van der Waals surface area contributed by atoms with Crippen LogP contribution in [0.15, 0.2) is 29.2 Å². The first kappa shape index (κ1) is 20.5. The molecule has 0 aliphatic carbocycles. The van der Waals surface area contributed by atoms with Crippen molar-refractivity contribution in [1.82, 2.24) is 4.90 Å². The molecule has 1 aromatic rings. The van der Waals surface area contributed by atoms with Crippen LogP contribution < -0.4 is 5.73 Å². The average Bonchev–Trinajstić information content (AvgIpc) is 2.89. The molecule has 2 amide bonds. The molecule has 1 unspecified atom stereocenters. The fraction of sp³-hybridized carbons (Fsp3) is 0.250. The maximum absolute atomic E-state index is 12.8. The number of hydrogen-bond donors (Lipinski definition) is 2. The quantitative estimate of drug-likeness (QED) is 0.301. The highest BCUT2D eigenvalue weighted by molar-refractivity contribution is 8.26. The number of carboxylic acids is 1. The van der Waals surface area contributed by atoms with Gasteiger partial charge in [-0.15, -0.1) is 0 Å². The number of amides is 2. The smallest absolute Gasteiger partial charge is 0.326 e. The largest absolute Gasteiger partial charge is 0.480 e. The number of carbonyl (C=O) groups is 3. The van der Waals surface area contributed by atoms with Crippen molar-refractivity contribution in [1.29, 1.82) is 0 Å². The second-order valence-electron chi connectivity index (χ2n) is 5.66. The summed E-state index contributed by atoms with van der Waals surface area (Å²) in [5.41, 5.74) is 6.07. The second kappa shape index (κ2) is 8.27. The fourth-order valence-electron chi connectivity index (χ4n) is 2.48. The third-order valence-corrected chi connectivity index (χ3v) is 5.41. The number of benzene rings is 1. The molecule has 1 saturated heterocycles. The Morgan fingerprint density at radius 2 is 1.96 bits per heavy atom. The molecule has 0 spiro atoms. The van der Waals surface area contributed by atoms with Crippen molar-refractivity contribution in [3.05, 3.63) is 44.8 Å². The van der Waals surface area contributed by atoms with E-state index in [0.717, 1.165) is 16.7 Å². The standard InChI is InChI=1S/C16H15N3O6S2/c1-8(9-2-4-10(5-3-9)19(24)25)13-14(21)18(16(26)27-13)11(15(22)23)6-7-12(17)20/h2-5,11H,6-7H2,1H3,(H2,17,20)(H,22,23)/b13-8-. The number of nitro benzene ring substituents is 1. The van der Waals surface area contributed by atoms with Crippen molar-refractivity contribution in [3.63, 3.8) is 0 Å². The summed E-state index contributed by atoms with van der Waals surface area (Å²) >= 11 is 6.11. The number of thiocarbonyl (C=S) groups is 1. The molecule has 2 rings (SSSR count). The van der Waals surface area contributed by atoms with Gasteiger partial charge in [-0.1, -0.05) is 24.0 Å². The Bertz CT molecular complexity index is 865. The molecule has 1 aliphatic heterocycles. The number of hydrogen-bond acceptors (Lipinski definition) is 7. The maximum atomic E-state index is 12.8. The number of nitro groups is 1. The van der Waals surface area contributed by atoms with Crippen LogP contribution in [-0.4, -0.2) is 43.1 Å². The molecule has 0 bridgehead atoms. The number of non-ortho nitro benzene ring substituents is 1. The van der Waals surface area contributed by atoms with E-state index in [2.05, 4.69) is 0 Å². The summed E-state index contributed by atoms with van der Waals surface area (Å²) in [7, 11) is 0. The van der Waals surface area contributed by atoms with Gasteiger partial charge in [0.2, 0.25) is 5.91 Å². The number of carboxylic acid groups (broad SMARTS) is 1. The first-order valence-electron chi connectivity index (χ1n) is 7.65. The minimum Gasteiger partial charge on any atom is -0.480 e. The molecule has 0 aromatic heterocycles. The van der Waals surface area contributed by atoms with Gasteiger partial charge in [-0.05, 0) is 36.6 Å². The molecule has 1 fully saturated rings. The van der Waals surface area contributed by atoms with Gasteiger partial charge in [0.15, 0.2) is 0 Å². The van der Waals surface area contributed by atoms with Gasteiger partial charge in [0, 0.05) is 18.6 Å². The van der Waals surface area contributed by atoms with Gasteiger partial charge in [0.1, 0.15) is 10.4 Å². The minimum absolute atomic E-state index is 0.0631. The average molecular weight is 409 g/mol. The molecule has 9 nitrogen and oxygen atoms in total. The number of primary amides is 1. The molecular formula is C16H15N3O6S2. The third-order valence-electron chi connectivity index (χ3n) is 3.91. The zero-order valence-electron chi connectivity index (χ0n) is 14.1. The van der Waals surface area contributed by atoms with Crippen LogP contribution in [0.5, 0.6) is 0 Å². The predicted molar refractivity (Wildman–Crippen MR) is 103 cm³/mol. The first-order valence-corrected chi connectivity index (χ1v) is 8.88. The van der Waals surface area contributed by atoms with E-state index in [4.69, 9.17) is 18.0 Å². The molecule has 0 radical (unpaired) electrons. The molecule has 0 saturated carbocycles. The summed E-state index contributed by atoms with van der Waals surface area (Å²) in [4.78, 5) is 46.7. The van der Waals surface area contributed by atoms with E-state index in [0.29, 0.717) is 11.1 Å². The zero-order chi connectivity index (χ0) is 20.3. The Kier molecular flexibility index (Phi) is 6.28. The lowest BCUT2D eigenvalue weighted by Crippen LogP contribution is -2.44. The second-order valence-corrected chi connectivity index (χ2v) is 7.30. The van der Waals surface area contributed by atoms with E-state index >= 15 is 0 Å². The molecular weight excluding hydrogens is 394 g/mol. The lowest BCUT2D eigenvalue weighted by atomic mass is 10.1. The van der Waals surface area contributed by atoms with Crippen LogP contribution in [0, 0.1) is 10.1 Å². The predicted octanol–water partition coefficient (Wildman–Crippen LogP) is 1.90. The van der Waals surface area contributed by atoms with Crippen LogP contribution >= 0.6 is 24.0 Å². The van der Waals surface area contributed by atoms with Crippen LogP contribution in [0.1, 0.15) is 25.3 Å². The zero-order valence-corrected chi connectivity index (χ0v) is 15.7. The normalized spacial score (nSPS) is 17.0. The number of nitrogens with zero attached hydrogens (tertiary/aromatic N) is 2. The van der Waals surface area contributed by atoms with Gasteiger partial charge in [-0.2, -0.15) is 0 Å². The van der Waals surface area contributed by atoms with E-state index in [1.54, 1.807) is 6.92 Å². The Morgan fingerprint density at radius 1 is 1.37 bits per heavy atom. The number of rotatable bonds is 7. The summed E-state index contributed by atoms with van der Waals surface area (Å²) in [5.74, 6) is -2.55. The molecule has 1 aliphatic rings. The number of nitrogens with two attached hydrogens (primary N) is 1. The van der Waals surface area contributed by atoms with E-state index < -0.39 is 28.7 Å². The van der Waals surface area contributed by atoms with Crippen molar-refractivity contribution in [3.8, 4) is 0 Å². The molecule has 27 heavy (non-hydrogen) atoms. The topological polar surface area (TPSA) is 144 Å². The van der Waals surface area contributed by atoms with Gasteiger partial charge in [0.05, 0.1) is 9.83 Å². The fourth-order valence-corrected chi connectivity index (χ4v) is 3.88. The third kappa shape index (κ3) is 4.49. The highest BCUT2D eigenvalue weighted by Gasteiger charge is 2.41. The lowest BCUT2D eigenvalue weighted by Gasteiger charge is -2.22. The lowest BCUT2D eigenvalue weighted by molar-refractivity contribution is -0.384. The maximum Gasteiger partial charge on any atom is 0.326 e. The van der Waals surface area contributed by atoms with Crippen molar-refractivity contribution in [2.45, 2.75) is 25.8 Å².